The average Bonchev–Trinajstić information content (AvgIpc) is 3.26. The minimum absolute atomic E-state index is 0.0598. The molecule has 9 nitrogen and oxygen atoms in total. The summed E-state index contributed by atoms with van der Waals surface area (Å²) in [6.07, 6.45) is 1.90. The molecule has 2 aromatic heterocycles. The molecule has 0 aromatic carbocycles. The zero-order chi connectivity index (χ0) is 20.5. The summed E-state index contributed by atoms with van der Waals surface area (Å²) in [7, 11) is -3.03. The molecule has 1 aliphatic heterocycles. The molecule has 0 aliphatic carbocycles. The number of aryl methyl sites for hydroxylation is 2. The minimum Gasteiger partial charge on any atom is -0.339 e. The summed E-state index contributed by atoms with van der Waals surface area (Å²) in [6.45, 7) is 7.85. The van der Waals surface area contributed by atoms with Crippen molar-refractivity contribution in [1.29, 1.82) is 0 Å². The molecule has 1 N–H and O–H groups in total. The number of rotatable bonds is 6. The maximum Gasteiger partial charge on any atom is 0.226 e. The molecule has 0 saturated carbocycles. The second-order valence-corrected chi connectivity index (χ2v) is 10.6. The molecular formula is C18H27N5O4S. The lowest BCUT2D eigenvalue weighted by atomic mass is 9.96. The molecule has 1 fully saturated rings. The lowest BCUT2D eigenvalue weighted by molar-refractivity contribution is -0.116. The predicted molar refractivity (Wildman–Crippen MR) is 104 cm³/mol. The Bertz CT molecular complexity index is 955. The Labute approximate surface area is 164 Å². The van der Waals surface area contributed by atoms with E-state index in [4.69, 9.17) is 4.52 Å². The first-order valence-corrected chi connectivity index (χ1v) is 11.3. The molecule has 10 heteroatoms. The highest BCUT2D eigenvalue weighted by Crippen LogP contribution is 2.27. The summed E-state index contributed by atoms with van der Waals surface area (Å²) in [6, 6.07) is 1.53. The van der Waals surface area contributed by atoms with Crippen molar-refractivity contribution in [2.75, 3.05) is 16.8 Å². The molecular weight excluding hydrogens is 382 g/mol. The van der Waals surface area contributed by atoms with Crippen LogP contribution < -0.4 is 5.32 Å². The Balaban J connectivity index is 1.55. The summed E-state index contributed by atoms with van der Waals surface area (Å²) in [5.41, 5.74) is 0.559. The number of nitrogens with zero attached hydrogens (tertiary/aromatic N) is 4. The van der Waals surface area contributed by atoms with Crippen molar-refractivity contribution in [2.45, 2.75) is 64.8 Å². The van der Waals surface area contributed by atoms with E-state index in [-0.39, 0.29) is 28.9 Å². The van der Waals surface area contributed by atoms with Crippen molar-refractivity contribution in [3.8, 4) is 0 Å². The van der Waals surface area contributed by atoms with Gasteiger partial charge in [0.2, 0.25) is 11.8 Å². The van der Waals surface area contributed by atoms with E-state index >= 15 is 0 Å². The highest BCUT2D eigenvalue weighted by molar-refractivity contribution is 7.91. The molecule has 1 aliphatic rings. The van der Waals surface area contributed by atoms with Gasteiger partial charge in [-0.15, -0.1) is 0 Å². The van der Waals surface area contributed by atoms with Crippen LogP contribution in [0, 0.1) is 6.92 Å². The van der Waals surface area contributed by atoms with Crippen molar-refractivity contribution < 1.29 is 17.7 Å². The van der Waals surface area contributed by atoms with Crippen molar-refractivity contribution in [3.63, 3.8) is 0 Å². The van der Waals surface area contributed by atoms with Gasteiger partial charge in [-0.3, -0.25) is 4.79 Å². The van der Waals surface area contributed by atoms with Gasteiger partial charge >= 0.3 is 0 Å². The van der Waals surface area contributed by atoms with Crippen LogP contribution in [0.1, 0.15) is 63.5 Å². The fraction of sp³-hybridized carbons (Fsp3) is 0.667. The number of amides is 1. The lowest BCUT2D eigenvalue weighted by Crippen LogP contribution is -2.19. The van der Waals surface area contributed by atoms with Gasteiger partial charge in [0.15, 0.2) is 15.7 Å². The maximum atomic E-state index is 12.3. The van der Waals surface area contributed by atoms with Gasteiger partial charge in [0.1, 0.15) is 5.82 Å². The van der Waals surface area contributed by atoms with Gasteiger partial charge in [0.05, 0.1) is 23.2 Å². The second kappa shape index (κ2) is 7.65. The van der Waals surface area contributed by atoms with Crippen molar-refractivity contribution >= 4 is 21.6 Å². The number of hydrogen-bond acceptors (Lipinski definition) is 7. The maximum absolute atomic E-state index is 12.3. The number of hydrogen-bond donors (Lipinski definition) is 1. The van der Waals surface area contributed by atoms with E-state index in [1.165, 1.54) is 0 Å². The van der Waals surface area contributed by atoms with Crippen LogP contribution in [0.2, 0.25) is 0 Å². The quantitative estimate of drug-likeness (QED) is 0.776. The number of aromatic nitrogens is 4. The topological polar surface area (TPSA) is 120 Å². The van der Waals surface area contributed by atoms with Gasteiger partial charge in [-0.25, -0.2) is 13.1 Å². The van der Waals surface area contributed by atoms with E-state index in [1.807, 2.05) is 27.7 Å². The van der Waals surface area contributed by atoms with Gasteiger partial charge in [0, 0.05) is 24.3 Å². The lowest BCUT2D eigenvalue weighted by Gasteiger charge is -2.13. The smallest absolute Gasteiger partial charge is 0.226 e. The van der Waals surface area contributed by atoms with Gasteiger partial charge in [-0.2, -0.15) is 10.1 Å². The second-order valence-electron chi connectivity index (χ2n) is 8.34. The third-order valence-electron chi connectivity index (χ3n) is 4.61. The first-order chi connectivity index (χ1) is 13.0. The minimum atomic E-state index is -3.03. The van der Waals surface area contributed by atoms with Crippen LogP contribution in [0.5, 0.6) is 0 Å². The standard InChI is InChI=1S/C18H27N5O4S/c1-12-10-14(23(21-12)13-8-9-28(25,26)11-13)19-15(24)6-5-7-16-20-17(22-27-16)18(2,3)4/h10,13H,5-9,11H2,1-4H3,(H,19,24). The van der Waals surface area contributed by atoms with E-state index in [0.717, 1.165) is 5.69 Å². The van der Waals surface area contributed by atoms with Crippen LogP contribution in [0.4, 0.5) is 5.82 Å². The SMILES string of the molecule is Cc1cc(NC(=O)CCCc2nc(C(C)(C)C)no2)n(C2CCS(=O)(=O)C2)n1. The molecule has 3 rings (SSSR count). The Morgan fingerprint density at radius 3 is 2.75 bits per heavy atom. The Kier molecular flexibility index (Phi) is 5.60. The number of sulfone groups is 1. The Morgan fingerprint density at radius 2 is 2.14 bits per heavy atom. The molecule has 2 aromatic rings. The monoisotopic (exact) mass is 409 g/mol. The van der Waals surface area contributed by atoms with Crippen molar-refractivity contribution in [3.05, 3.63) is 23.5 Å². The molecule has 28 heavy (non-hydrogen) atoms. The highest BCUT2D eigenvalue weighted by Gasteiger charge is 2.31. The van der Waals surface area contributed by atoms with Crippen LogP contribution in [-0.4, -0.2) is 45.8 Å². The van der Waals surface area contributed by atoms with Crippen LogP contribution in [0.15, 0.2) is 10.6 Å². The number of carbonyl (C=O) groups excluding carboxylic acids is 1. The summed E-state index contributed by atoms with van der Waals surface area (Å²) in [4.78, 5) is 16.7. The van der Waals surface area contributed by atoms with E-state index in [9.17, 15) is 13.2 Å². The van der Waals surface area contributed by atoms with E-state index in [1.54, 1.807) is 10.7 Å². The molecule has 3 heterocycles. The average molecular weight is 410 g/mol. The normalized spacial score (nSPS) is 19.1. The number of anilines is 1. The van der Waals surface area contributed by atoms with E-state index < -0.39 is 9.84 Å². The summed E-state index contributed by atoms with van der Waals surface area (Å²) >= 11 is 0. The molecule has 1 saturated heterocycles. The van der Waals surface area contributed by atoms with Gasteiger partial charge < -0.3 is 9.84 Å². The highest BCUT2D eigenvalue weighted by atomic mass is 32.2. The summed E-state index contributed by atoms with van der Waals surface area (Å²) < 4.78 is 30.4. The molecule has 154 valence electrons. The first-order valence-electron chi connectivity index (χ1n) is 9.43. The van der Waals surface area contributed by atoms with Crippen LogP contribution >= 0.6 is 0 Å². The molecule has 1 amide bonds. The zero-order valence-corrected chi connectivity index (χ0v) is 17.5. The number of nitrogens with one attached hydrogen (secondary N) is 1. The van der Waals surface area contributed by atoms with Crippen LogP contribution in [0.3, 0.4) is 0 Å². The largest absolute Gasteiger partial charge is 0.339 e. The Hall–Kier alpha value is -2.23. The Morgan fingerprint density at radius 1 is 1.39 bits per heavy atom. The zero-order valence-electron chi connectivity index (χ0n) is 16.7. The van der Waals surface area contributed by atoms with Gasteiger partial charge in [-0.1, -0.05) is 25.9 Å². The molecule has 0 spiro atoms. The fourth-order valence-electron chi connectivity index (χ4n) is 3.12. The van der Waals surface area contributed by atoms with Crippen LogP contribution in [0.25, 0.3) is 0 Å². The summed E-state index contributed by atoms with van der Waals surface area (Å²) in [5, 5.41) is 11.2. The third kappa shape index (κ3) is 4.98. The van der Waals surface area contributed by atoms with Crippen LogP contribution in [-0.2, 0) is 26.5 Å². The predicted octanol–water partition coefficient (Wildman–Crippen LogP) is 2.19. The van der Waals surface area contributed by atoms with E-state index in [0.29, 0.717) is 43.2 Å². The third-order valence-corrected chi connectivity index (χ3v) is 6.36. The van der Waals surface area contributed by atoms with Crippen molar-refractivity contribution in [2.24, 2.45) is 0 Å². The molecule has 0 bridgehead atoms. The molecule has 1 atom stereocenters. The molecule has 0 radical (unpaired) electrons. The van der Waals surface area contributed by atoms with Gasteiger partial charge in [-0.05, 0) is 19.8 Å². The van der Waals surface area contributed by atoms with Crippen molar-refractivity contribution in [1.82, 2.24) is 19.9 Å². The summed E-state index contributed by atoms with van der Waals surface area (Å²) in [5.74, 6) is 1.78. The first kappa shape index (κ1) is 20.5. The molecule has 1 unspecified atom stereocenters. The van der Waals surface area contributed by atoms with Gasteiger partial charge in [0.25, 0.3) is 0 Å². The van der Waals surface area contributed by atoms with E-state index in [2.05, 4.69) is 20.6 Å². The number of carbonyl (C=O) groups is 1. The fourth-order valence-corrected chi connectivity index (χ4v) is 4.82.